The van der Waals surface area contributed by atoms with E-state index in [1.165, 1.54) is 13.0 Å². The van der Waals surface area contributed by atoms with Crippen molar-refractivity contribution < 1.29 is 19.5 Å². The van der Waals surface area contributed by atoms with Crippen LogP contribution in [0, 0.1) is 0 Å². The number of quaternary nitrogens is 1. The Kier molecular flexibility index (Phi) is 7.85. The van der Waals surface area contributed by atoms with Gasteiger partial charge in [-0.3, -0.25) is 0 Å². The zero-order valence-electron chi connectivity index (χ0n) is 9.20. The SMILES string of the molecule is CC(O)C(=O)[O-].CCC[N+](C)(C)C. The smallest absolute Gasteiger partial charge is 0.0905 e. The van der Waals surface area contributed by atoms with Gasteiger partial charge in [0, 0.05) is 0 Å². The fourth-order valence-electron chi connectivity index (χ4n) is 0.671. The molecule has 1 atom stereocenters. The highest BCUT2D eigenvalue weighted by Crippen LogP contribution is 1.90. The highest BCUT2D eigenvalue weighted by Gasteiger charge is 2.01. The van der Waals surface area contributed by atoms with Crippen molar-refractivity contribution in [3.8, 4) is 0 Å². The van der Waals surface area contributed by atoms with Crippen molar-refractivity contribution in [1.82, 2.24) is 0 Å². The molecule has 0 aromatic heterocycles. The first kappa shape index (κ1) is 14.9. The molecule has 0 heterocycles. The lowest BCUT2D eigenvalue weighted by Gasteiger charge is -2.22. The van der Waals surface area contributed by atoms with Crippen LogP contribution in [0.4, 0.5) is 0 Å². The Bertz CT molecular complexity index is 138. The predicted octanol–water partition coefficient (Wildman–Crippen LogP) is -0.780. The third-order valence-electron chi connectivity index (χ3n) is 1.24. The molecular formula is C9H21NO3. The van der Waals surface area contributed by atoms with Gasteiger partial charge in [-0.05, 0) is 13.3 Å². The zero-order chi connectivity index (χ0) is 11.1. The standard InChI is InChI=1S/C6H16N.C3H6O3/c1-5-6-7(2,3)4;1-2(4)3(5)6/h5-6H2,1-4H3;2,4H,1H3,(H,5,6)/q+1;/p-1. The number of aliphatic hydroxyl groups excluding tert-OH is 1. The van der Waals surface area contributed by atoms with Gasteiger partial charge in [0.1, 0.15) is 0 Å². The van der Waals surface area contributed by atoms with Crippen molar-refractivity contribution in [3.05, 3.63) is 0 Å². The first-order valence-electron chi connectivity index (χ1n) is 4.40. The predicted molar refractivity (Wildman–Crippen MR) is 49.9 cm³/mol. The lowest BCUT2D eigenvalue weighted by molar-refractivity contribution is -0.870. The highest BCUT2D eigenvalue weighted by atomic mass is 16.4. The van der Waals surface area contributed by atoms with Crippen molar-refractivity contribution in [2.45, 2.75) is 26.4 Å². The van der Waals surface area contributed by atoms with Crippen molar-refractivity contribution in [2.75, 3.05) is 27.7 Å². The summed E-state index contributed by atoms with van der Waals surface area (Å²) in [7, 11) is 6.64. The van der Waals surface area contributed by atoms with Crippen LogP contribution in [-0.4, -0.2) is 49.4 Å². The molecule has 0 rings (SSSR count). The average molecular weight is 191 g/mol. The van der Waals surface area contributed by atoms with Crippen LogP contribution in [0.15, 0.2) is 0 Å². The van der Waals surface area contributed by atoms with Gasteiger partial charge in [-0.1, -0.05) is 6.92 Å². The molecule has 4 heteroatoms. The third kappa shape index (κ3) is 18.4. The highest BCUT2D eigenvalue weighted by molar-refractivity contribution is 5.68. The van der Waals surface area contributed by atoms with Crippen LogP contribution in [0.3, 0.4) is 0 Å². The summed E-state index contributed by atoms with van der Waals surface area (Å²) in [6.07, 6.45) is -0.0613. The molecule has 13 heavy (non-hydrogen) atoms. The Labute approximate surface area is 80.4 Å². The van der Waals surface area contributed by atoms with Gasteiger partial charge < -0.3 is 19.5 Å². The van der Waals surface area contributed by atoms with Crippen molar-refractivity contribution in [1.29, 1.82) is 0 Å². The van der Waals surface area contributed by atoms with Crippen LogP contribution in [0.2, 0.25) is 0 Å². The number of aliphatic carboxylic acids is 1. The van der Waals surface area contributed by atoms with Crippen LogP contribution in [0.5, 0.6) is 0 Å². The molecule has 0 radical (unpaired) electrons. The number of carbonyl (C=O) groups excluding carboxylic acids is 1. The lowest BCUT2D eigenvalue weighted by atomic mass is 10.4. The Hall–Kier alpha value is -0.610. The van der Waals surface area contributed by atoms with E-state index in [-0.39, 0.29) is 0 Å². The second kappa shape index (κ2) is 6.86. The summed E-state index contributed by atoms with van der Waals surface area (Å²) in [5.41, 5.74) is 0. The molecule has 4 nitrogen and oxygen atoms in total. The van der Waals surface area contributed by atoms with Gasteiger partial charge >= 0.3 is 0 Å². The van der Waals surface area contributed by atoms with Crippen LogP contribution in [-0.2, 0) is 4.79 Å². The number of rotatable bonds is 3. The summed E-state index contributed by atoms with van der Waals surface area (Å²) in [4.78, 5) is 9.34. The molecule has 0 saturated heterocycles. The maximum absolute atomic E-state index is 9.34. The summed E-state index contributed by atoms with van der Waals surface area (Å²) in [6, 6.07) is 0. The topological polar surface area (TPSA) is 60.4 Å². The van der Waals surface area contributed by atoms with E-state index < -0.39 is 12.1 Å². The van der Waals surface area contributed by atoms with E-state index in [0.717, 1.165) is 11.4 Å². The molecule has 0 fully saturated rings. The number of carbonyl (C=O) groups is 1. The molecule has 0 spiro atoms. The molecule has 1 N–H and O–H groups in total. The first-order valence-corrected chi connectivity index (χ1v) is 4.40. The first-order chi connectivity index (χ1) is 5.70. The van der Waals surface area contributed by atoms with Crippen LogP contribution in [0.1, 0.15) is 20.3 Å². The molecule has 0 aliphatic heterocycles. The second-order valence-corrected chi connectivity index (χ2v) is 4.01. The molecule has 0 aromatic rings. The van der Waals surface area contributed by atoms with Crippen LogP contribution >= 0.6 is 0 Å². The number of carboxylic acids is 1. The van der Waals surface area contributed by atoms with Crippen molar-refractivity contribution in [3.63, 3.8) is 0 Å². The summed E-state index contributed by atoms with van der Waals surface area (Å²) >= 11 is 0. The maximum atomic E-state index is 9.34. The molecular weight excluding hydrogens is 170 g/mol. The van der Waals surface area contributed by atoms with E-state index >= 15 is 0 Å². The van der Waals surface area contributed by atoms with E-state index in [9.17, 15) is 9.90 Å². The van der Waals surface area contributed by atoms with Crippen LogP contribution < -0.4 is 5.11 Å². The maximum Gasteiger partial charge on any atom is 0.0905 e. The quantitative estimate of drug-likeness (QED) is 0.595. The van der Waals surface area contributed by atoms with E-state index in [1.54, 1.807) is 0 Å². The molecule has 0 bridgehead atoms. The van der Waals surface area contributed by atoms with E-state index in [4.69, 9.17) is 5.11 Å². The van der Waals surface area contributed by atoms with Gasteiger partial charge in [0.2, 0.25) is 0 Å². The largest absolute Gasteiger partial charge is 0.547 e. The normalized spacial score (nSPS) is 12.8. The van der Waals surface area contributed by atoms with Gasteiger partial charge in [-0.15, -0.1) is 0 Å². The minimum Gasteiger partial charge on any atom is -0.547 e. The molecule has 0 saturated carbocycles. The fraction of sp³-hybridized carbons (Fsp3) is 0.889. The summed E-state index contributed by atoms with van der Waals surface area (Å²) in [5, 5.41) is 17.3. The van der Waals surface area contributed by atoms with Crippen molar-refractivity contribution >= 4 is 5.97 Å². The fourth-order valence-corrected chi connectivity index (χ4v) is 0.671. The van der Waals surface area contributed by atoms with Gasteiger partial charge in [0.25, 0.3) is 0 Å². The molecule has 80 valence electrons. The van der Waals surface area contributed by atoms with Gasteiger partial charge in [-0.25, -0.2) is 0 Å². The molecule has 0 aliphatic carbocycles. The number of hydrogen-bond acceptors (Lipinski definition) is 3. The lowest BCUT2D eigenvalue weighted by Crippen LogP contribution is -2.34. The minimum absolute atomic E-state index is 1.09. The molecule has 0 aliphatic rings. The number of aliphatic hydroxyl groups is 1. The average Bonchev–Trinajstić information content (AvgIpc) is 1.85. The number of carboxylic acid groups (broad SMARTS) is 1. The van der Waals surface area contributed by atoms with Gasteiger partial charge in [0.05, 0.1) is 39.8 Å². The zero-order valence-corrected chi connectivity index (χ0v) is 9.20. The molecule has 0 amide bonds. The Balaban J connectivity index is 0. The van der Waals surface area contributed by atoms with E-state index in [1.807, 2.05) is 0 Å². The Morgan fingerprint density at radius 1 is 1.46 bits per heavy atom. The third-order valence-corrected chi connectivity index (χ3v) is 1.24. The van der Waals surface area contributed by atoms with Gasteiger partial charge in [-0.2, -0.15) is 0 Å². The summed E-state index contributed by atoms with van der Waals surface area (Å²) < 4.78 is 1.09. The van der Waals surface area contributed by atoms with Crippen LogP contribution in [0.25, 0.3) is 0 Å². The minimum atomic E-state index is -1.44. The Morgan fingerprint density at radius 3 is 1.77 bits per heavy atom. The number of nitrogens with zero attached hydrogens (tertiary/aromatic N) is 1. The number of hydrogen-bond donors (Lipinski definition) is 1. The Morgan fingerprint density at radius 2 is 1.77 bits per heavy atom. The summed E-state index contributed by atoms with van der Waals surface area (Å²) in [6.45, 7) is 4.62. The van der Waals surface area contributed by atoms with E-state index in [0.29, 0.717) is 0 Å². The van der Waals surface area contributed by atoms with Crippen molar-refractivity contribution in [2.24, 2.45) is 0 Å². The molecule has 1 unspecified atom stereocenters. The summed E-state index contributed by atoms with van der Waals surface area (Å²) in [5.74, 6) is -1.44. The molecule has 0 aromatic carbocycles. The second-order valence-electron chi connectivity index (χ2n) is 4.01. The van der Waals surface area contributed by atoms with Gasteiger partial charge in [0.15, 0.2) is 0 Å². The van der Waals surface area contributed by atoms with E-state index in [2.05, 4.69) is 28.1 Å². The monoisotopic (exact) mass is 191 g/mol.